The highest BCUT2D eigenvalue weighted by atomic mass is 16.7. The zero-order chi connectivity index (χ0) is 16.3. The second-order valence-corrected chi connectivity index (χ2v) is 4.36. The number of hydrogen-bond acceptors (Lipinski definition) is 6. The van der Waals surface area contributed by atoms with Crippen molar-refractivity contribution in [2.45, 2.75) is 6.42 Å². The standard InChI is InChI=1S/C17H16O6/c18-16(22-12-20-14-7-3-1-4-8-14)11-17(19)23-13-21-15-9-5-2-6-10-15/h1-10H,11-13H2. The second kappa shape index (κ2) is 9.09. The third-order valence-corrected chi connectivity index (χ3v) is 2.67. The highest BCUT2D eigenvalue weighted by Gasteiger charge is 2.12. The Morgan fingerprint density at radius 1 is 0.652 bits per heavy atom. The van der Waals surface area contributed by atoms with Gasteiger partial charge in [0.25, 0.3) is 0 Å². The molecule has 2 rings (SSSR count). The van der Waals surface area contributed by atoms with E-state index in [4.69, 9.17) is 18.9 Å². The molecular weight excluding hydrogens is 300 g/mol. The van der Waals surface area contributed by atoms with Gasteiger partial charge in [-0.3, -0.25) is 9.59 Å². The summed E-state index contributed by atoms with van der Waals surface area (Å²) in [5.74, 6) is -0.324. The van der Waals surface area contributed by atoms with Crippen molar-refractivity contribution in [1.82, 2.24) is 0 Å². The van der Waals surface area contributed by atoms with Gasteiger partial charge in [-0.2, -0.15) is 0 Å². The largest absolute Gasteiger partial charge is 0.457 e. The maximum Gasteiger partial charge on any atom is 0.320 e. The first-order chi connectivity index (χ1) is 11.2. The zero-order valence-corrected chi connectivity index (χ0v) is 12.3. The van der Waals surface area contributed by atoms with E-state index in [0.29, 0.717) is 11.5 Å². The predicted molar refractivity (Wildman–Crippen MR) is 80.7 cm³/mol. The number of benzene rings is 2. The van der Waals surface area contributed by atoms with Crippen LogP contribution in [0.1, 0.15) is 6.42 Å². The van der Waals surface area contributed by atoms with Crippen molar-refractivity contribution < 1.29 is 28.5 Å². The molecule has 0 fully saturated rings. The molecule has 6 nitrogen and oxygen atoms in total. The molecule has 0 N–H and O–H groups in total. The summed E-state index contributed by atoms with van der Waals surface area (Å²) in [6.07, 6.45) is -0.504. The number of hydrogen-bond donors (Lipinski definition) is 0. The van der Waals surface area contributed by atoms with Crippen LogP contribution in [0.2, 0.25) is 0 Å². The number of carbonyl (C=O) groups excluding carboxylic acids is 2. The summed E-state index contributed by atoms with van der Waals surface area (Å²) >= 11 is 0. The average molecular weight is 316 g/mol. The Balaban J connectivity index is 1.58. The Kier molecular flexibility index (Phi) is 6.46. The van der Waals surface area contributed by atoms with Gasteiger partial charge in [0.15, 0.2) is 0 Å². The Labute approximate surface area is 133 Å². The number of rotatable bonds is 8. The third-order valence-electron chi connectivity index (χ3n) is 2.67. The van der Waals surface area contributed by atoms with Crippen molar-refractivity contribution >= 4 is 11.9 Å². The molecular formula is C17H16O6. The number of esters is 2. The van der Waals surface area contributed by atoms with E-state index in [9.17, 15) is 9.59 Å². The first kappa shape index (κ1) is 16.4. The number of para-hydroxylation sites is 2. The first-order valence-electron chi connectivity index (χ1n) is 6.91. The molecule has 2 aromatic rings. The van der Waals surface area contributed by atoms with Gasteiger partial charge in [0, 0.05) is 0 Å². The van der Waals surface area contributed by atoms with E-state index in [1.54, 1.807) is 48.5 Å². The van der Waals surface area contributed by atoms with Crippen molar-refractivity contribution in [3.63, 3.8) is 0 Å². The van der Waals surface area contributed by atoms with Crippen LogP contribution >= 0.6 is 0 Å². The summed E-state index contributed by atoms with van der Waals surface area (Å²) in [4.78, 5) is 22.9. The lowest BCUT2D eigenvalue weighted by Gasteiger charge is -2.08. The van der Waals surface area contributed by atoms with Gasteiger partial charge in [-0.25, -0.2) is 0 Å². The van der Waals surface area contributed by atoms with Gasteiger partial charge in [0.2, 0.25) is 13.6 Å². The topological polar surface area (TPSA) is 71.1 Å². The maximum atomic E-state index is 11.4. The minimum atomic E-state index is -0.731. The molecule has 0 aliphatic rings. The summed E-state index contributed by atoms with van der Waals surface area (Å²) in [5, 5.41) is 0. The SMILES string of the molecule is O=C(CC(=O)OCOc1ccccc1)OCOc1ccccc1. The Morgan fingerprint density at radius 3 is 1.43 bits per heavy atom. The molecule has 0 unspecified atom stereocenters. The quantitative estimate of drug-likeness (QED) is 0.423. The van der Waals surface area contributed by atoms with Crippen LogP contribution in [-0.4, -0.2) is 25.5 Å². The van der Waals surface area contributed by atoms with E-state index in [1.807, 2.05) is 12.1 Å². The summed E-state index contributed by atoms with van der Waals surface area (Å²) in [5.41, 5.74) is 0. The van der Waals surface area contributed by atoms with Gasteiger partial charge in [-0.15, -0.1) is 0 Å². The molecule has 2 aromatic carbocycles. The zero-order valence-electron chi connectivity index (χ0n) is 12.3. The van der Waals surface area contributed by atoms with Crippen molar-refractivity contribution in [3.05, 3.63) is 60.7 Å². The lowest BCUT2D eigenvalue weighted by atomic mass is 10.3. The molecule has 0 aromatic heterocycles. The summed E-state index contributed by atoms with van der Waals surface area (Å²) in [7, 11) is 0. The van der Waals surface area contributed by atoms with Crippen LogP contribution in [0.4, 0.5) is 0 Å². The van der Waals surface area contributed by atoms with Gasteiger partial charge in [0.1, 0.15) is 17.9 Å². The van der Waals surface area contributed by atoms with Crippen LogP contribution in [0.3, 0.4) is 0 Å². The molecule has 0 atom stereocenters. The molecule has 0 bridgehead atoms. The van der Waals surface area contributed by atoms with E-state index in [-0.39, 0.29) is 13.6 Å². The summed E-state index contributed by atoms with van der Waals surface area (Å²) in [6.45, 7) is -0.534. The van der Waals surface area contributed by atoms with Gasteiger partial charge in [-0.1, -0.05) is 36.4 Å². The maximum absolute atomic E-state index is 11.4. The fraction of sp³-hybridized carbons (Fsp3) is 0.176. The van der Waals surface area contributed by atoms with Crippen LogP contribution in [0.25, 0.3) is 0 Å². The van der Waals surface area contributed by atoms with Crippen molar-refractivity contribution in [2.75, 3.05) is 13.6 Å². The Bertz CT molecular complexity index is 556. The second-order valence-electron chi connectivity index (χ2n) is 4.36. The third kappa shape index (κ3) is 6.52. The summed E-state index contributed by atoms with van der Waals surface area (Å²) in [6, 6.07) is 17.8. The highest BCUT2D eigenvalue weighted by Crippen LogP contribution is 2.09. The van der Waals surface area contributed by atoms with Crippen LogP contribution in [0.5, 0.6) is 11.5 Å². The number of carbonyl (C=O) groups is 2. The smallest absolute Gasteiger partial charge is 0.320 e. The molecule has 0 aliphatic heterocycles. The molecule has 0 spiro atoms. The fourth-order valence-corrected chi connectivity index (χ4v) is 1.58. The van der Waals surface area contributed by atoms with Crippen LogP contribution in [0.15, 0.2) is 60.7 Å². The minimum absolute atomic E-state index is 0.267. The predicted octanol–water partition coefficient (Wildman–Crippen LogP) is 2.54. The molecule has 23 heavy (non-hydrogen) atoms. The van der Waals surface area contributed by atoms with Crippen LogP contribution < -0.4 is 9.47 Å². The minimum Gasteiger partial charge on any atom is -0.457 e. The average Bonchev–Trinajstić information content (AvgIpc) is 2.57. The normalized spacial score (nSPS) is 9.74. The Morgan fingerprint density at radius 2 is 1.04 bits per heavy atom. The molecule has 0 aliphatic carbocycles. The summed E-state index contributed by atoms with van der Waals surface area (Å²) < 4.78 is 19.9. The molecule has 0 amide bonds. The van der Waals surface area contributed by atoms with Gasteiger partial charge >= 0.3 is 11.9 Å². The molecule has 0 radical (unpaired) electrons. The monoisotopic (exact) mass is 316 g/mol. The van der Waals surface area contributed by atoms with Crippen molar-refractivity contribution in [2.24, 2.45) is 0 Å². The van der Waals surface area contributed by atoms with Crippen LogP contribution in [0, 0.1) is 0 Å². The highest BCUT2D eigenvalue weighted by molar-refractivity contribution is 5.91. The number of ether oxygens (including phenoxy) is 4. The van der Waals surface area contributed by atoms with Gasteiger partial charge in [0.05, 0.1) is 0 Å². The fourth-order valence-electron chi connectivity index (χ4n) is 1.58. The van der Waals surface area contributed by atoms with Gasteiger partial charge < -0.3 is 18.9 Å². The first-order valence-corrected chi connectivity index (χ1v) is 6.91. The van der Waals surface area contributed by atoms with Crippen LogP contribution in [-0.2, 0) is 19.1 Å². The molecule has 6 heteroatoms. The molecule has 0 heterocycles. The Hall–Kier alpha value is -3.02. The van der Waals surface area contributed by atoms with E-state index < -0.39 is 18.4 Å². The molecule has 0 saturated heterocycles. The van der Waals surface area contributed by atoms with E-state index in [0.717, 1.165) is 0 Å². The van der Waals surface area contributed by atoms with Crippen molar-refractivity contribution in [1.29, 1.82) is 0 Å². The van der Waals surface area contributed by atoms with Crippen molar-refractivity contribution in [3.8, 4) is 11.5 Å². The lowest BCUT2D eigenvalue weighted by Crippen LogP contribution is -2.18. The van der Waals surface area contributed by atoms with E-state index in [2.05, 4.69) is 0 Å². The molecule has 120 valence electrons. The van der Waals surface area contributed by atoms with Gasteiger partial charge in [-0.05, 0) is 24.3 Å². The van der Waals surface area contributed by atoms with E-state index in [1.165, 1.54) is 0 Å². The molecule has 0 saturated carbocycles. The lowest BCUT2D eigenvalue weighted by molar-refractivity contribution is -0.161. The van der Waals surface area contributed by atoms with E-state index >= 15 is 0 Å².